The van der Waals surface area contributed by atoms with Crippen LogP contribution in [0.4, 0.5) is 14.5 Å². The summed E-state index contributed by atoms with van der Waals surface area (Å²) in [5.41, 5.74) is 11.7. The number of nitrogen functional groups attached to an aromatic ring is 1. The Labute approximate surface area is 115 Å². The number of nitrogens with two attached hydrogens (primary N) is 2. The molecule has 6 heteroatoms. The lowest BCUT2D eigenvalue weighted by atomic mass is 9.73. The first-order valence-corrected chi connectivity index (χ1v) is 6.63. The van der Waals surface area contributed by atoms with Gasteiger partial charge in [0, 0.05) is 5.69 Å². The van der Waals surface area contributed by atoms with Gasteiger partial charge in [-0.1, -0.05) is 6.07 Å². The number of ether oxygens (including phenoxy) is 1. The standard InChI is InChI=1S/C14H17F2N3O/c15-14(16)8-20-7-12(18)19-13(14)5-1-2-9-3-4-10(17)6-11(9)13/h3-4,6H,1-2,5,7-8,17H2,(H2,18,19). The topological polar surface area (TPSA) is 73.6 Å². The number of fused-ring (bicyclic) bond motifs is 2. The zero-order chi connectivity index (χ0) is 14.4. The number of anilines is 1. The fourth-order valence-corrected chi connectivity index (χ4v) is 3.12. The van der Waals surface area contributed by atoms with Crippen LogP contribution >= 0.6 is 0 Å². The molecule has 1 aromatic rings. The average Bonchev–Trinajstić information content (AvgIpc) is 2.49. The molecule has 0 bridgehead atoms. The molecule has 2 aliphatic rings. The minimum atomic E-state index is -3.10. The molecule has 1 spiro atoms. The van der Waals surface area contributed by atoms with Gasteiger partial charge in [-0.2, -0.15) is 0 Å². The van der Waals surface area contributed by atoms with Crippen LogP contribution in [0.2, 0.25) is 0 Å². The molecule has 1 aliphatic heterocycles. The van der Waals surface area contributed by atoms with Crippen molar-refractivity contribution >= 4 is 11.5 Å². The Morgan fingerprint density at radius 2 is 2.05 bits per heavy atom. The van der Waals surface area contributed by atoms with Crippen molar-refractivity contribution in [3.63, 3.8) is 0 Å². The highest BCUT2D eigenvalue weighted by Crippen LogP contribution is 2.50. The van der Waals surface area contributed by atoms with E-state index in [9.17, 15) is 8.78 Å². The summed E-state index contributed by atoms with van der Waals surface area (Å²) in [6, 6.07) is 5.14. The van der Waals surface area contributed by atoms with Gasteiger partial charge in [-0.3, -0.25) is 4.99 Å². The van der Waals surface area contributed by atoms with Crippen molar-refractivity contribution in [1.82, 2.24) is 0 Å². The highest BCUT2D eigenvalue weighted by molar-refractivity contribution is 5.82. The number of alkyl halides is 2. The van der Waals surface area contributed by atoms with Crippen LogP contribution < -0.4 is 11.5 Å². The average molecular weight is 281 g/mol. The van der Waals surface area contributed by atoms with E-state index in [2.05, 4.69) is 4.99 Å². The molecule has 1 atom stereocenters. The van der Waals surface area contributed by atoms with Crippen molar-refractivity contribution < 1.29 is 13.5 Å². The fraction of sp³-hybridized carbons (Fsp3) is 0.500. The van der Waals surface area contributed by atoms with Gasteiger partial charge in [-0.15, -0.1) is 0 Å². The number of amidine groups is 1. The summed E-state index contributed by atoms with van der Waals surface area (Å²) in [7, 11) is 0. The number of aryl methyl sites for hydroxylation is 1. The Balaban J connectivity index is 2.25. The quantitative estimate of drug-likeness (QED) is 0.712. The zero-order valence-corrected chi connectivity index (χ0v) is 11.0. The number of aliphatic imine (C=N–C) groups is 1. The highest BCUT2D eigenvalue weighted by Gasteiger charge is 2.57. The summed E-state index contributed by atoms with van der Waals surface area (Å²) < 4.78 is 34.3. The number of hydrogen-bond donors (Lipinski definition) is 2. The maximum absolute atomic E-state index is 14.7. The molecule has 1 unspecified atom stereocenters. The largest absolute Gasteiger partial charge is 0.399 e. The van der Waals surface area contributed by atoms with Crippen molar-refractivity contribution in [3.8, 4) is 0 Å². The second-order valence-electron chi connectivity index (χ2n) is 5.43. The van der Waals surface area contributed by atoms with Gasteiger partial charge in [-0.05, 0) is 42.5 Å². The van der Waals surface area contributed by atoms with Crippen molar-refractivity contribution in [2.45, 2.75) is 30.7 Å². The molecular formula is C14H17F2N3O. The maximum atomic E-state index is 14.7. The molecule has 0 saturated heterocycles. The predicted octanol–water partition coefficient (Wildman–Crippen LogP) is 1.82. The Morgan fingerprint density at radius 1 is 1.25 bits per heavy atom. The molecule has 0 radical (unpaired) electrons. The van der Waals surface area contributed by atoms with E-state index < -0.39 is 18.1 Å². The van der Waals surface area contributed by atoms with Crippen LogP contribution in [0.3, 0.4) is 0 Å². The van der Waals surface area contributed by atoms with E-state index >= 15 is 0 Å². The van der Waals surface area contributed by atoms with E-state index in [0.717, 1.165) is 12.0 Å². The van der Waals surface area contributed by atoms with Gasteiger partial charge in [-0.25, -0.2) is 8.78 Å². The van der Waals surface area contributed by atoms with Crippen molar-refractivity contribution in [2.75, 3.05) is 18.9 Å². The molecule has 1 heterocycles. The van der Waals surface area contributed by atoms with Gasteiger partial charge in [0.1, 0.15) is 19.0 Å². The van der Waals surface area contributed by atoms with Gasteiger partial charge in [0.25, 0.3) is 5.92 Å². The number of hydrogen-bond acceptors (Lipinski definition) is 4. The molecule has 0 aromatic heterocycles. The number of halogens is 2. The van der Waals surface area contributed by atoms with Gasteiger partial charge in [0.05, 0.1) is 0 Å². The first-order chi connectivity index (χ1) is 9.45. The number of rotatable bonds is 0. The third kappa shape index (κ3) is 1.86. The first-order valence-electron chi connectivity index (χ1n) is 6.63. The molecule has 20 heavy (non-hydrogen) atoms. The molecule has 1 aliphatic carbocycles. The lowest BCUT2D eigenvalue weighted by molar-refractivity contribution is -0.125. The van der Waals surface area contributed by atoms with Gasteiger partial charge < -0.3 is 16.2 Å². The van der Waals surface area contributed by atoms with E-state index in [0.29, 0.717) is 17.7 Å². The van der Waals surface area contributed by atoms with Crippen molar-refractivity contribution in [3.05, 3.63) is 29.3 Å². The number of nitrogens with zero attached hydrogens (tertiary/aromatic N) is 1. The highest BCUT2D eigenvalue weighted by atomic mass is 19.3. The Hall–Kier alpha value is -1.69. The van der Waals surface area contributed by atoms with Crippen LogP contribution in [-0.4, -0.2) is 25.0 Å². The van der Waals surface area contributed by atoms with Crippen molar-refractivity contribution in [1.29, 1.82) is 0 Å². The smallest absolute Gasteiger partial charge is 0.299 e. The summed E-state index contributed by atoms with van der Waals surface area (Å²) in [6.45, 7) is -0.736. The molecule has 4 N–H and O–H groups in total. The van der Waals surface area contributed by atoms with Gasteiger partial charge in [0.2, 0.25) is 0 Å². The molecule has 0 amide bonds. The molecular weight excluding hydrogens is 264 g/mol. The summed E-state index contributed by atoms with van der Waals surface area (Å²) in [6.07, 6.45) is 1.65. The van der Waals surface area contributed by atoms with Crippen LogP contribution in [0.25, 0.3) is 0 Å². The third-order valence-corrected chi connectivity index (χ3v) is 4.04. The van der Waals surface area contributed by atoms with E-state index in [4.69, 9.17) is 16.2 Å². The molecule has 108 valence electrons. The van der Waals surface area contributed by atoms with Crippen molar-refractivity contribution in [2.24, 2.45) is 10.7 Å². The molecule has 0 saturated carbocycles. The maximum Gasteiger partial charge on any atom is 0.299 e. The lowest BCUT2D eigenvalue weighted by Crippen LogP contribution is -2.48. The summed E-state index contributed by atoms with van der Waals surface area (Å²) in [4.78, 5) is 4.17. The molecule has 4 nitrogen and oxygen atoms in total. The summed E-state index contributed by atoms with van der Waals surface area (Å²) in [5, 5.41) is 0. The van der Waals surface area contributed by atoms with Crippen LogP contribution in [-0.2, 0) is 16.7 Å². The lowest BCUT2D eigenvalue weighted by Gasteiger charge is -2.40. The number of benzene rings is 1. The normalized spacial score (nSPS) is 28.6. The monoisotopic (exact) mass is 281 g/mol. The van der Waals surface area contributed by atoms with Gasteiger partial charge >= 0.3 is 0 Å². The van der Waals surface area contributed by atoms with E-state index in [-0.39, 0.29) is 18.9 Å². The SMILES string of the molecule is NC1=NC2(CCCc3ccc(N)cc32)C(F)(F)COC1. The second kappa shape index (κ2) is 4.41. The molecule has 1 aromatic carbocycles. The summed E-state index contributed by atoms with van der Waals surface area (Å²) in [5.74, 6) is -2.99. The third-order valence-electron chi connectivity index (χ3n) is 4.04. The van der Waals surface area contributed by atoms with E-state index in [1.165, 1.54) is 0 Å². The Bertz CT molecular complexity index is 574. The minimum Gasteiger partial charge on any atom is -0.399 e. The predicted molar refractivity (Wildman–Crippen MR) is 72.9 cm³/mol. The fourth-order valence-electron chi connectivity index (χ4n) is 3.12. The first kappa shape index (κ1) is 13.3. The van der Waals surface area contributed by atoms with Gasteiger partial charge in [0.15, 0.2) is 5.54 Å². The summed E-state index contributed by atoms with van der Waals surface area (Å²) >= 11 is 0. The Kier molecular flexibility index (Phi) is 2.93. The van der Waals surface area contributed by atoms with Crippen LogP contribution in [0.1, 0.15) is 24.0 Å². The van der Waals surface area contributed by atoms with Crippen LogP contribution in [0, 0.1) is 0 Å². The minimum absolute atomic E-state index is 0.0605. The van der Waals surface area contributed by atoms with E-state index in [1.807, 2.05) is 0 Å². The van der Waals surface area contributed by atoms with E-state index in [1.54, 1.807) is 18.2 Å². The molecule has 3 rings (SSSR count). The molecule has 0 fully saturated rings. The van der Waals surface area contributed by atoms with Crippen LogP contribution in [0.15, 0.2) is 23.2 Å². The zero-order valence-electron chi connectivity index (χ0n) is 11.0. The Morgan fingerprint density at radius 3 is 2.85 bits per heavy atom. The van der Waals surface area contributed by atoms with Crippen LogP contribution in [0.5, 0.6) is 0 Å². The second-order valence-corrected chi connectivity index (χ2v) is 5.43.